The zero-order valence-corrected chi connectivity index (χ0v) is 12.9. The summed E-state index contributed by atoms with van der Waals surface area (Å²) in [6.45, 7) is 5.63. The van der Waals surface area contributed by atoms with Gasteiger partial charge in [0.05, 0.1) is 6.33 Å². The van der Waals surface area contributed by atoms with Crippen LogP contribution in [0.3, 0.4) is 0 Å². The second kappa shape index (κ2) is 6.05. The van der Waals surface area contributed by atoms with Gasteiger partial charge in [0.25, 0.3) is 5.91 Å². The van der Waals surface area contributed by atoms with Crippen LogP contribution in [-0.2, 0) is 6.54 Å². The highest BCUT2D eigenvalue weighted by atomic mass is 16.1. The van der Waals surface area contributed by atoms with Gasteiger partial charge in [0.15, 0.2) is 0 Å². The first-order valence-electron chi connectivity index (χ1n) is 7.48. The smallest absolute Gasteiger partial charge is 0.251 e. The van der Waals surface area contributed by atoms with Crippen molar-refractivity contribution in [1.29, 1.82) is 0 Å². The minimum Gasteiger partial charge on any atom is -0.358 e. The number of imidazole rings is 1. The molecule has 0 aliphatic heterocycles. The SMILES string of the molecule is Cc1[nH]c2ccc(C(=O)NCCCn3ccnc3)cc2c1C. The van der Waals surface area contributed by atoms with Crippen LogP contribution in [0.1, 0.15) is 28.0 Å². The first kappa shape index (κ1) is 14.4. The summed E-state index contributed by atoms with van der Waals surface area (Å²) in [4.78, 5) is 19.5. The Morgan fingerprint density at radius 1 is 1.36 bits per heavy atom. The number of aromatic nitrogens is 3. The zero-order valence-electron chi connectivity index (χ0n) is 12.9. The number of amides is 1. The second-order valence-electron chi connectivity index (χ2n) is 5.55. The molecule has 0 aliphatic carbocycles. The van der Waals surface area contributed by atoms with Crippen LogP contribution in [0, 0.1) is 13.8 Å². The predicted molar refractivity (Wildman–Crippen MR) is 86.9 cm³/mol. The van der Waals surface area contributed by atoms with Gasteiger partial charge in [0.2, 0.25) is 0 Å². The summed E-state index contributed by atoms with van der Waals surface area (Å²) in [7, 11) is 0. The topological polar surface area (TPSA) is 62.7 Å². The normalized spacial score (nSPS) is 11.0. The average Bonchev–Trinajstić information content (AvgIpc) is 3.13. The van der Waals surface area contributed by atoms with Crippen molar-refractivity contribution < 1.29 is 4.79 Å². The average molecular weight is 296 g/mol. The minimum atomic E-state index is -0.0224. The number of rotatable bonds is 5. The number of aryl methyl sites for hydroxylation is 3. The van der Waals surface area contributed by atoms with E-state index in [1.165, 1.54) is 5.56 Å². The first-order chi connectivity index (χ1) is 10.6. The molecular weight excluding hydrogens is 276 g/mol. The fourth-order valence-corrected chi connectivity index (χ4v) is 2.59. The van der Waals surface area contributed by atoms with E-state index >= 15 is 0 Å². The number of aromatic amines is 1. The number of nitrogens with zero attached hydrogens (tertiary/aromatic N) is 2. The number of H-pyrrole nitrogens is 1. The van der Waals surface area contributed by atoms with Crippen molar-refractivity contribution in [3.05, 3.63) is 53.7 Å². The van der Waals surface area contributed by atoms with E-state index in [1.54, 1.807) is 12.5 Å². The third kappa shape index (κ3) is 2.88. The molecule has 0 unspecified atom stereocenters. The minimum absolute atomic E-state index is 0.0224. The van der Waals surface area contributed by atoms with Gasteiger partial charge in [-0.05, 0) is 44.0 Å². The van der Waals surface area contributed by atoms with Gasteiger partial charge in [-0.1, -0.05) is 0 Å². The third-order valence-corrected chi connectivity index (χ3v) is 4.01. The molecule has 0 radical (unpaired) electrons. The van der Waals surface area contributed by atoms with E-state index in [-0.39, 0.29) is 5.91 Å². The molecule has 0 saturated carbocycles. The highest BCUT2D eigenvalue weighted by Crippen LogP contribution is 2.22. The molecule has 0 fully saturated rings. The largest absolute Gasteiger partial charge is 0.358 e. The molecular formula is C17H20N4O. The Kier molecular flexibility index (Phi) is 3.96. The number of benzene rings is 1. The molecule has 114 valence electrons. The number of hydrogen-bond donors (Lipinski definition) is 2. The molecule has 0 spiro atoms. The van der Waals surface area contributed by atoms with E-state index in [2.05, 4.69) is 22.2 Å². The van der Waals surface area contributed by atoms with Gasteiger partial charge in [-0.25, -0.2) is 4.98 Å². The summed E-state index contributed by atoms with van der Waals surface area (Å²) in [5.41, 5.74) is 4.13. The fraction of sp³-hybridized carbons (Fsp3) is 0.294. The summed E-state index contributed by atoms with van der Waals surface area (Å²) < 4.78 is 2.00. The van der Waals surface area contributed by atoms with Gasteiger partial charge in [-0.15, -0.1) is 0 Å². The lowest BCUT2D eigenvalue weighted by Crippen LogP contribution is -2.25. The summed E-state index contributed by atoms with van der Waals surface area (Å²) in [5.74, 6) is -0.0224. The van der Waals surface area contributed by atoms with E-state index in [0.29, 0.717) is 12.1 Å². The highest BCUT2D eigenvalue weighted by Gasteiger charge is 2.09. The number of carbonyl (C=O) groups excluding carboxylic acids is 1. The van der Waals surface area contributed by atoms with Gasteiger partial charge in [0, 0.05) is 47.6 Å². The van der Waals surface area contributed by atoms with Crippen LogP contribution in [0.4, 0.5) is 0 Å². The molecule has 3 aromatic rings. The van der Waals surface area contributed by atoms with Gasteiger partial charge in [0.1, 0.15) is 0 Å². The third-order valence-electron chi connectivity index (χ3n) is 4.01. The van der Waals surface area contributed by atoms with Gasteiger partial charge in [-0.3, -0.25) is 4.79 Å². The molecule has 2 aromatic heterocycles. The van der Waals surface area contributed by atoms with Gasteiger partial charge in [-0.2, -0.15) is 0 Å². The Labute approximate surface area is 129 Å². The number of fused-ring (bicyclic) bond motifs is 1. The molecule has 5 heteroatoms. The van der Waals surface area contributed by atoms with Crippen molar-refractivity contribution in [2.24, 2.45) is 0 Å². The summed E-state index contributed by atoms with van der Waals surface area (Å²) in [6, 6.07) is 5.79. The predicted octanol–water partition coefficient (Wildman–Crippen LogP) is 2.80. The summed E-state index contributed by atoms with van der Waals surface area (Å²) in [5, 5.41) is 4.08. The zero-order chi connectivity index (χ0) is 15.5. The van der Waals surface area contributed by atoms with Gasteiger partial charge < -0.3 is 14.9 Å². The Balaban J connectivity index is 1.61. The second-order valence-corrected chi connectivity index (χ2v) is 5.55. The van der Waals surface area contributed by atoms with E-state index in [1.807, 2.05) is 35.9 Å². The van der Waals surface area contributed by atoms with Crippen LogP contribution in [0.15, 0.2) is 36.9 Å². The van der Waals surface area contributed by atoms with E-state index in [4.69, 9.17) is 0 Å². The molecule has 0 saturated heterocycles. The maximum Gasteiger partial charge on any atom is 0.251 e. The summed E-state index contributed by atoms with van der Waals surface area (Å²) in [6.07, 6.45) is 6.35. The van der Waals surface area contributed by atoms with Crippen LogP contribution in [0.2, 0.25) is 0 Å². The van der Waals surface area contributed by atoms with E-state index in [0.717, 1.165) is 29.6 Å². The molecule has 2 heterocycles. The van der Waals surface area contributed by atoms with Crippen molar-refractivity contribution in [3.63, 3.8) is 0 Å². The monoisotopic (exact) mass is 296 g/mol. The van der Waals surface area contributed by atoms with Crippen LogP contribution < -0.4 is 5.32 Å². The lowest BCUT2D eigenvalue weighted by molar-refractivity contribution is 0.0953. The Morgan fingerprint density at radius 2 is 2.23 bits per heavy atom. The summed E-state index contributed by atoms with van der Waals surface area (Å²) >= 11 is 0. The van der Waals surface area contributed by atoms with Crippen LogP contribution in [0.5, 0.6) is 0 Å². The van der Waals surface area contributed by atoms with Crippen molar-refractivity contribution in [1.82, 2.24) is 19.9 Å². The van der Waals surface area contributed by atoms with Crippen molar-refractivity contribution >= 4 is 16.8 Å². The lowest BCUT2D eigenvalue weighted by atomic mass is 10.1. The fourth-order valence-electron chi connectivity index (χ4n) is 2.59. The molecule has 3 rings (SSSR count). The number of nitrogens with one attached hydrogen (secondary N) is 2. The molecule has 0 atom stereocenters. The Bertz CT molecular complexity index is 786. The molecule has 0 bridgehead atoms. The maximum absolute atomic E-state index is 12.2. The number of carbonyl (C=O) groups is 1. The van der Waals surface area contributed by atoms with Crippen LogP contribution in [0.25, 0.3) is 10.9 Å². The molecule has 1 amide bonds. The Hall–Kier alpha value is -2.56. The maximum atomic E-state index is 12.2. The standard InChI is InChI=1S/C17H20N4O/c1-12-13(2)20-16-5-4-14(10-15(12)16)17(22)19-6-3-8-21-9-7-18-11-21/h4-5,7,9-11,20H,3,6,8H2,1-2H3,(H,19,22). The number of hydrogen-bond acceptors (Lipinski definition) is 2. The molecule has 5 nitrogen and oxygen atoms in total. The lowest BCUT2D eigenvalue weighted by Gasteiger charge is -2.06. The van der Waals surface area contributed by atoms with Crippen LogP contribution >= 0.6 is 0 Å². The molecule has 22 heavy (non-hydrogen) atoms. The van der Waals surface area contributed by atoms with Gasteiger partial charge >= 0.3 is 0 Å². The molecule has 0 aliphatic rings. The molecule has 2 N–H and O–H groups in total. The quantitative estimate of drug-likeness (QED) is 0.711. The Morgan fingerprint density at radius 3 is 3.00 bits per heavy atom. The van der Waals surface area contributed by atoms with E-state index < -0.39 is 0 Å². The van der Waals surface area contributed by atoms with Crippen LogP contribution in [-0.4, -0.2) is 27.0 Å². The van der Waals surface area contributed by atoms with E-state index in [9.17, 15) is 4.79 Å². The highest BCUT2D eigenvalue weighted by molar-refractivity contribution is 5.99. The van der Waals surface area contributed by atoms with Crippen molar-refractivity contribution in [2.45, 2.75) is 26.8 Å². The molecule has 1 aromatic carbocycles. The van der Waals surface area contributed by atoms with Crippen molar-refractivity contribution in [3.8, 4) is 0 Å². The van der Waals surface area contributed by atoms with Crippen molar-refractivity contribution in [2.75, 3.05) is 6.54 Å². The first-order valence-corrected chi connectivity index (χ1v) is 7.48.